The summed E-state index contributed by atoms with van der Waals surface area (Å²) in [5.74, 6) is -0.252. The van der Waals surface area contributed by atoms with Gasteiger partial charge < -0.3 is 30.8 Å². The van der Waals surface area contributed by atoms with Gasteiger partial charge in [-0.25, -0.2) is 0 Å². The van der Waals surface area contributed by atoms with Crippen molar-refractivity contribution < 1.29 is 30.3 Å². The molecular weight excluding hydrogens is 302 g/mol. The normalized spacial score (nSPS) is 37.2. The molecule has 7 heteroatoms. The van der Waals surface area contributed by atoms with Crippen molar-refractivity contribution in [3.63, 3.8) is 0 Å². The Kier molecular flexibility index (Phi) is 5.09. The van der Waals surface area contributed by atoms with E-state index < -0.39 is 36.9 Å². The first-order chi connectivity index (χ1) is 10.6. The summed E-state index contributed by atoms with van der Waals surface area (Å²) in [6, 6.07) is -0.0921. The zero-order valence-electron chi connectivity index (χ0n) is 13.9. The Morgan fingerprint density at radius 1 is 1.17 bits per heavy atom. The Hall–Kier alpha value is -0.730. The Bertz CT molecular complexity index is 456. The fourth-order valence-electron chi connectivity index (χ4n) is 4.36. The van der Waals surface area contributed by atoms with E-state index in [1.165, 1.54) is 0 Å². The second-order valence-corrected chi connectivity index (χ2v) is 7.85. The van der Waals surface area contributed by atoms with E-state index in [0.29, 0.717) is 5.92 Å². The van der Waals surface area contributed by atoms with Gasteiger partial charge in [-0.15, -0.1) is 0 Å². The van der Waals surface area contributed by atoms with E-state index >= 15 is 0 Å². The predicted molar refractivity (Wildman–Crippen MR) is 82.3 cm³/mol. The Morgan fingerprint density at radius 3 is 2.22 bits per heavy atom. The van der Waals surface area contributed by atoms with Crippen molar-refractivity contribution in [3.05, 3.63) is 0 Å². The highest BCUT2D eigenvalue weighted by Gasteiger charge is 2.61. The maximum Gasteiger partial charge on any atom is 0.251 e. The minimum atomic E-state index is -1.86. The number of aliphatic hydroxyl groups excluding tert-OH is 5. The molecule has 0 heterocycles. The molecule has 7 atom stereocenters. The number of carbonyl (C=O) groups excluding carboxylic acids is 1. The van der Waals surface area contributed by atoms with Crippen molar-refractivity contribution in [1.82, 2.24) is 5.32 Å². The van der Waals surface area contributed by atoms with Crippen LogP contribution >= 0.6 is 0 Å². The predicted octanol–water partition coefficient (Wildman–Crippen LogP) is -1.25. The summed E-state index contributed by atoms with van der Waals surface area (Å²) in [6.45, 7) is 5.76. The van der Waals surface area contributed by atoms with Crippen LogP contribution in [0, 0.1) is 16.7 Å². The molecule has 0 spiro atoms. The van der Waals surface area contributed by atoms with Gasteiger partial charge in [-0.05, 0) is 36.0 Å². The van der Waals surface area contributed by atoms with Crippen LogP contribution in [0.25, 0.3) is 0 Å². The lowest BCUT2D eigenvalue weighted by Crippen LogP contribution is -2.55. The summed E-state index contributed by atoms with van der Waals surface area (Å²) < 4.78 is 0. The standard InChI is InChI=1S/C16H29NO6/c1-15(2)8-4-5-16(15,3)10(6-8)17-14(23)13(22)12(21)11(20)9(19)7-18/h8-13,18-22H,4-7H2,1-3H3,(H,17,23)/t8?,9-,10?,11-,12+,13-,16?/m1/s1. The SMILES string of the molecule is CC1(C)C2CCC1(C)C(NC(=O)[C@H](O)[C@@H](O)[C@H](O)[C@H](O)CO)C2. The van der Waals surface area contributed by atoms with Crippen LogP contribution in [0.2, 0.25) is 0 Å². The maximum atomic E-state index is 12.2. The molecule has 2 rings (SSSR count). The number of amides is 1. The van der Waals surface area contributed by atoms with Gasteiger partial charge in [0.15, 0.2) is 6.10 Å². The number of aliphatic hydroxyl groups is 5. The number of rotatable bonds is 6. The first-order valence-corrected chi connectivity index (χ1v) is 8.19. The molecule has 0 aromatic carbocycles. The lowest BCUT2D eigenvalue weighted by Gasteiger charge is -2.40. The molecule has 2 saturated carbocycles. The summed E-state index contributed by atoms with van der Waals surface area (Å²) in [4.78, 5) is 12.2. The van der Waals surface area contributed by atoms with E-state index in [1.54, 1.807) is 0 Å². The van der Waals surface area contributed by atoms with Crippen LogP contribution in [-0.2, 0) is 4.79 Å². The molecule has 0 saturated heterocycles. The molecule has 2 fully saturated rings. The molecule has 134 valence electrons. The molecule has 1 amide bonds. The van der Waals surface area contributed by atoms with Crippen LogP contribution in [0.1, 0.15) is 40.0 Å². The van der Waals surface area contributed by atoms with Crippen LogP contribution in [-0.4, -0.2) is 68.5 Å². The van der Waals surface area contributed by atoms with E-state index in [0.717, 1.165) is 19.3 Å². The van der Waals surface area contributed by atoms with Gasteiger partial charge in [0.1, 0.15) is 18.3 Å². The van der Waals surface area contributed by atoms with Gasteiger partial charge in [-0.2, -0.15) is 0 Å². The molecule has 2 aliphatic carbocycles. The van der Waals surface area contributed by atoms with E-state index in [2.05, 4.69) is 26.1 Å². The lowest BCUT2D eigenvalue weighted by molar-refractivity contribution is -0.150. The minimum Gasteiger partial charge on any atom is -0.394 e. The molecule has 7 nitrogen and oxygen atoms in total. The molecule has 0 aromatic heterocycles. The largest absolute Gasteiger partial charge is 0.394 e. The number of nitrogens with one attached hydrogen (secondary N) is 1. The van der Waals surface area contributed by atoms with Gasteiger partial charge in [0.05, 0.1) is 6.61 Å². The first-order valence-electron chi connectivity index (χ1n) is 8.19. The molecule has 6 N–H and O–H groups in total. The highest BCUT2D eigenvalue weighted by molar-refractivity contribution is 5.81. The zero-order chi connectivity index (χ0) is 17.6. The van der Waals surface area contributed by atoms with Gasteiger partial charge in [-0.3, -0.25) is 4.79 Å². The zero-order valence-corrected chi connectivity index (χ0v) is 13.9. The van der Waals surface area contributed by atoms with Gasteiger partial charge in [0, 0.05) is 6.04 Å². The summed E-state index contributed by atoms with van der Waals surface area (Å²) in [6.07, 6.45) is -4.18. The van der Waals surface area contributed by atoms with E-state index in [-0.39, 0.29) is 16.9 Å². The van der Waals surface area contributed by atoms with Crippen LogP contribution in [0.5, 0.6) is 0 Å². The van der Waals surface area contributed by atoms with Crippen molar-refractivity contribution in [2.45, 2.75) is 70.5 Å². The van der Waals surface area contributed by atoms with E-state index in [9.17, 15) is 25.2 Å². The molecule has 3 unspecified atom stereocenters. The van der Waals surface area contributed by atoms with Gasteiger partial charge in [0.2, 0.25) is 0 Å². The number of hydrogen-bond acceptors (Lipinski definition) is 6. The third-order valence-corrected chi connectivity index (χ3v) is 6.63. The van der Waals surface area contributed by atoms with E-state index in [1.807, 2.05) is 0 Å². The number of fused-ring (bicyclic) bond motifs is 2. The minimum absolute atomic E-state index is 0.0682. The second kappa shape index (κ2) is 6.29. The van der Waals surface area contributed by atoms with Crippen LogP contribution in [0.4, 0.5) is 0 Å². The second-order valence-electron chi connectivity index (χ2n) is 7.85. The van der Waals surface area contributed by atoms with Crippen LogP contribution in [0.15, 0.2) is 0 Å². The first kappa shape index (κ1) is 18.6. The molecule has 0 radical (unpaired) electrons. The van der Waals surface area contributed by atoms with Gasteiger partial charge in [0.25, 0.3) is 5.91 Å². The fourth-order valence-corrected chi connectivity index (χ4v) is 4.36. The smallest absolute Gasteiger partial charge is 0.251 e. The van der Waals surface area contributed by atoms with Crippen molar-refractivity contribution in [2.24, 2.45) is 16.7 Å². The molecule has 0 aromatic rings. The third-order valence-electron chi connectivity index (χ3n) is 6.63. The number of carbonyl (C=O) groups is 1. The Balaban J connectivity index is 2.00. The molecule has 23 heavy (non-hydrogen) atoms. The number of hydrogen-bond donors (Lipinski definition) is 6. The summed E-state index contributed by atoms with van der Waals surface area (Å²) in [7, 11) is 0. The summed E-state index contributed by atoms with van der Waals surface area (Å²) in [5, 5.41) is 50.2. The van der Waals surface area contributed by atoms with Crippen molar-refractivity contribution in [2.75, 3.05) is 6.61 Å². The van der Waals surface area contributed by atoms with Crippen molar-refractivity contribution >= 4 is 5.91 Å². The van der Waals surface area contributed by atoms with Crippen LogP contribution < -0.4 is 5.32 Å². The molecule has 0 aliphatic heterocycles. The Morgan fingerprint density at radius 2 is 1.78 bits per heavy atom. The fraction of sp³-hybridized carbons (Fsp3) is 0.938. The average molecular weight is 331 g/mol. The Labute approximate surface area is 136 Å². The molecule has 2 bridgehead atoms. The summed E-state index contributed by atoms with van der Waals surface area (Å²) in [5.41, 5.74) is 0.0301. The molecular formula is C16H29NO6. The van der Waals surface area contributed by atoms with Gasteiger partial charge >= 0.3 is 0 Å². The summed E-state index contributed by atoms with van der Waals surface area (Å²) >= 11 is 0. The van der Waals surface area contributed by atoms with E-state index in [4.69, 9.17) is 5.11 Å². The molecule has 2 aliphatic rings. The van der Waals surface area contributed by atoms with Crippen LogP contribution in [0.3, 0.4) is 0 Å². The maximum absolute atomic E-state index is 12.2. The third kappa shape index (κ3) is 2.89. The average Bonchev–Trinajstić information content (AvgIpc) is 2.85. The van der Waals surface area contributed by atoms with Gasteiger partial charge in [-0.1, -0.05) is 20.8 Å². The highest BCUT2D eigenvalue weighted by Crippen LogP contribution is 2.65. The lowest BCUT2D eigenvalue weighted by atomic mass is 9.69. The van der Waals surface area contributed by atoms with Crippen molar-refractivity contribution in [3.8, 4) is 0 Å². The topological polar surface area (TPSA) is 130 Å². The monoisotopic (exact) mass is 331 g/mol. The van der Waals surface area contributed by atoms with Crippen molar-refractivity contribution in [1.29, 1.82) is 0 Å². The highest BCUT2D eigenvalue weighted by atomic mass is 16.4. The quantitative estimate of drug-likeness (QED) is 0.361.